The smallest absolute Gasteiger partial charge is 0.300 e. The van der Waals surface area contributed by atoms with E-state index in [0.717, 1.165) is 0 Å². The van der Waals surface area contributed by atoms with E-state index in [0.29, 0.717) is 13.5 Å². The van der Waals surface area contributed by atoms with Gasteiger partial charge < -0.3 is 0 Å². The average Bonchev–Trinajstić information content (AvgIpc) is 0.698. The summed E-state index contributed by atoms with van der Waals surface area (Å²) in [6, 6.07) is 0. The van der Waals surface area contributed by atoms with Crippen LogP contribution in [0.5, 0.6) is 0 Å². The Kier molecular flexibility index (Phi) is 31.3. The van der Waals surface area contributed by atoms with E-state index in [1.54, 1.807) is 0 Å². The molecular formula is C42H12F78N3O6P3. The monoisotopic (exact) mass is 2230 g/mol. The SMILES string of the molecule is FC(F)(F)C(F)(F)C(F)(F)C(F)(F)C(F)(F)C(F)(F)COP1(OCC(F)(F)C(F)(F)C(F)(F)C(F)(F)C(F)(F)C(F)(F)F)=NP(OCC(F)(F)C(F)(F)C(F)(F)C(F)(F)C(F)(F)C(F)(F)F)(OCC(F)(F)C(F)(F)C(F)(F)C(F)(F)C(F)(F)C(F)(F)F)=NP(OCC(F)(F)C(F)(F)C(F)(F)C(F)(F)C(F)(F)C(F)(F)F)(OCC(F)(F)C(F)(F)C(F)(F)C(F)(F)C(F)(F)C(F)(F)F)=N1. The Hall–Kier alpha value is -5.01. The fraction of sp³-hybridized carbons (Fsp3) is 1.00. The van der Waals surface area contributed by atoms with Crippen molar-refractivity contribution in [2.45, 2.75) is 215 Å². The molecule has 90 heteroatoms. The highest BCUT2D eigenvalue weighted by Crippen LogP contribution is 2.83. The summed E-state index contributed by atoms with van der Waals surface area (Å²) >= 11 is 0. The van der Waals surface area contributed by atoms with E-state index in [4.69, 9.17) is 0 Å². The second-order valence-corrected chi connectivity index (χ2v) is 31.0. The quantitative estimate of drug-likeness (QED) is 0.0447. The van der Waals surface area contributed by atoms with Crippen molar-refractivity contribution in [3.63, 3.8) is 0 Å². The summed E-state index contributed by atoms with van der Waals surface area (Å²) in [6.07, 6.45) is -54.2. The largest absolute Gasteiger partial charge is 0.460 e. The molecule has 1 aliphatic heterocycles. The first-order chi connectivity index (χ1) is 55.9. The van der Waals surface area contributed by atoms with E-state index >= 15 is 105 Å². The van der Waals surface area contributed by atoms with E-state index in [9.17, 15) is 237 Å². The molecule has 0 spiro atoms. The number of rotatable bonds is 42. The van der Waals surface area contributed by atoms with Gasteiger partial charge in [-0.15, -0.1) is 13.5 Å². The third-order valence-electron chi connectivity index (χ3n) is 15.2. The fourth-order valence-electron chi connectivity index (χ4n) is 7.25. The molecule has 0 unspecified atom stereocenters. The van der Waals surface area contributed by atoms with E-state index in [1.807, 2.05) is 0 Å². The third kappa shape index (κ3) is 18.2. The first kappa shape index (κ1) is 125. The van der Waals surface area contributed by atoms with Crippen LogP contribution in [0, 0.1) is 0 Å². The topological polar surface area (TPSA) is 92.5 Å². The maximum atomic E-state index is 15.8. The summed E-state index contributed by atoms with van der Waals surface area (Å²) in [7, 11) is -33.8. The van der Waals surface area contributed by atoms with Crippen LogP contribution in [0.4, 0.5) is 342 Å². The predicted octanol–water partition coefficient (Wildman–Crippen LogP) is 28.4. The maximum Gasteiger partial charge on any atom is 0.460 e. The zero-order chi connectivity index (χ0) is 108. The van der Waals surface area contributed by atoms with Gasteiger partial charge in [-0.1, -0.05) is 0 Å². The molecule has 0 N–H and O–H groups in total. The Bertz CT molecular complexity index is 3550. The van der Waals surface area contributed by atoms with Crippen LogP contribution in [0.25, 0.3) is 0 Å². The van der Waals surface area contributed by atoms with Crippen molar-refractivity contribution in [1.82, 2.24) is 0 Å². The molecule has 0 amide bonds. The molecule has 1 rings (SSSR count). The van der Waals surface area contributed by atoms with Crippen molar-refractivity contribution in [2.75, 3.05) is 39.6 Å². The zero-order valence-electron chi connectivity index (χ0n) is 56.9. The van der Waals surface area contributed by atoms with Gasteiger partial charge in [0.25, 0.3) is 0 Å². The third-order valence-corrected chi connectivity index (χ3v) is 23.4. The molecule has 0 saturated carbocycles. The standard InChI is InChI=1S/C42H12F78N3O6P3/c43-7(44,13(55,56)19(67,68)25(79,80)31(91,92)37(103,104)105)1-124-130(125-2-8(45,46)14(57,58)20(69,70)26(81,82)32(93,94)38(106,107)108)121-131(126-3-9(47,48)15(59,60)21(71,72)27(83,84)33(95,96)39(109,110)111,127-4-10(49,50)16(61,62)22(73,74)28(85,86)34(97,98)40(112,113)114)123-132(122-130,128-5-11(51,52)17(63,64)23(75,76)29(87,88)35(99,100)41(115,116)117)129-6-12(53,54)18(65,66)24(77,78)30(89,90)36(101,102)42(118,119)120/h1-6H2. The van der Waals surface area contributed by atoms with Gasteiger partial charge in [-0.3, -0.25) is 27.1 Å². The predicted molar refractivity (Wildman–Crippen MR) is 248 cm³/mol. The Morgan fingerprint density at radius 1 is 0.106 bits per heavy atom. The minimum absolute atomic E-state index is 0.388. The Morgan fingerprint density at radius 3 is 0.242 bits per heavy atom. The van der Waals surface area contributed by atoms with E-state index in [1.165, 1.54) is 0 Å². The molecule has 1 aliphatic rings. The molecule has 792 valence electrons. The van der Waals surface area contributed by atoms with Crippen molar-refractivity contribution in [3.05, 3.63) is 0 Å². The van der Waals surface area contributed by atoms with Crippen molar-refractivity contribution in [2.24, 2.45) is 13.5 Å². The zero-order valence-corrected chi connectivity index (χ0v) is 59.5. The highest BCUT2D eigenvalue weighted by molar-refractivity contribution is 7.78. The first-order valence-electron chi connectivity index (χ1n) is 28.4. The van der Waals surface area contributed by atoms with Crippen LogP contribution in [0.3, 0.4) is 0 Å². The Labute approximate surface area is 661 Å². The van der Waals surface area contributed by atoms with Crippen LogP contribution in [-0.4, -0.2) is 254 Å². The second-order valence-electron chi connectivity index (χ2n) is 24.4. The van der Waals surface area contributed by atoms with Crippen LogP contribution in [-0.2, 0) is 27.1 Å². The van der Waals surface area contributed by atoms with Crippen LogP contribution in [0.15, 0.2) is 13.5 Å². The number of nitrogens with zero attached hydrogens (tertiary/aromatic N) is 3. The first-order valence-corrected chi connectivity index (χ1v) is 33.0. The van der Waals surface area contributed by atoms with Gasteiger partial charge in [0.2, 0.25) is 0 Å². The molecule has 1 heterocycles. The van der Waals surface area contributed by atoms with E-state index < -0.39 is 277 Å². The summed E-state index contributed by atoms with van der Waals surface area (Å²) < 4.78 is 1140. The van der Waals surface area contributed by atoms with Gasteiger partial charge in [0, 0.05) is 0 Å². The van der Waals surface area contributed by atoms with Crippen molar-refractivity contribution < 1.29 is 370 Å². The lowest BCUT2D eigenvalue weighted by molar-refractivity contribution is -0.441. The van der Waals surface area contributed by atoms with Gasteiger partial charge in [-0.2, -0.15) is 342 Å². The molecule has 9 nitrogen and oxygen atoms in total. The van der Waals surface area contributed by atoms with Gasteiger partial charge in [-0.25, -0.2) is 0 Å². The lowest BCUT2D eigenvalue weighted by Crippen LogP contribution is -2.70. The molecule has 0 bridgehead atoms. The van der Waals surface area contributed by atoms with Crippen LogP contribution in [0.2, 0.25) is 0 Å². The normalized spacial score (nSPS) is 18.5. The van der Waals surface area contributed by atoms with Gasteiger partial charge in [0.15, 0.2) is 0 Å². The molecule has 0 aromatic rings. The average molecular weight is 2230 g/mol. The maximum absolute atomic E-state index is 15.8. The molecule has 0 atom stereocenters. The minimum atomic E-state index is -11.3. The lowest BCUT2D eigenvalue weighted by Gasteiger charge is -2.42. The summed E-state index contributed by atoms with van der Waals surface area (Å²) in [4.78, 5) is 0. The van der Waals surface area contributed by atoms with Crippen molar-refractivity contribution in [1.29, 1.82) is 0 Å². The number of halogens is 78. The minimum Gasteiger partial charge on any atom is -0.300 e. The molecule has 0 aromatic carbocycles. The molecule has 0 aromatic heterocycles. The fourth-order valence-corrected chi connectivity index (χ4v) is 16.8. The highest BCUT2D eigenvalue weighted by Gasteiger charge is 2.98. The Morgan fingerprint density at radius 2 is 0.174 bits per heavy atom. The molecule has 0 fully saturated rings. The molecule has 132 heavy (non-hydrogen) atoms. The molecule has 0 aliphatic carbocycles. The Balaban J connectivity index is 6.54. The van der Waals surface area contributed by atoms with Crippen molar-refractivity contribution >= 4 is 23.0 Å². The second kappa shape index (κ2) is 33.1. The number of hydrogen-bond acceptors (Lipinski definition) is 9. The van der Waals surface area contributed by atoms with Crippen LogP contribution in [0.1, 0.15) is 0 Å². The van der Waals surface area contributed by atoms with Gasteiger partial charge in [0.05, 0.1) is 0 Å². The van der Waals surface area contributed by atoms with Gasteiger partial charge in [-0.05, 0) is 0 Å². The summed E-state index contributed by atoms with van der Waals surface area (Å²) in [5, 5.41) is 0. The van der Waals surface area contributed by atoms with Crippen LogP contribution >= 0.6 is 23.0 Å². The van der Waals surface area contributed by atoms with E-state index in [-0.39, 0.29) is 0 Å². The van der Waals surface area contributed by atoms with Crippen LogP contribution < -0.4 is 0 Å². The lowest BCUT2D eigenvalue weighted by atomic mass is 9.94. The number of alkyl halides is 78. The van der Waals surface area contributed by atoms with Gasteiger partial charge in [0.1, 0.15) is 39.6 Å². The molecule has 0 radical (unpaired) electrons. The molecule has 0 saturated heterocycles. The van der Waals surface area contributed by atoms with Gasteiger partial charge >= 0.3 is 238 Å². The summed E-state index contributed by atoms with van der Waals surface area (Å²) in [5.74, 6) is -298. The van der Waals surface area contributed by atoms with E-state index in [2.05, 4.69) is 27.1 Å². The summed E-state index contributed by atoms with van der Waals surface area (Å²) in [5.41, 5.74) is 0. The molecular weight excluding hydrogens is 2220 g/mol. The van der Waals surface area contributed by atoms with Crippen molar-refractivity contribution in [3.8, 4) is 0 Å². The summed E-state index contributed by atoms with van der Waals surface area (Å²) in [6.45, 7) is -39.6. The highest BCUT2D eigenvalue weighted by atomic mass is 31.3. The number of hydrogen-bond donors (Lipinski definition) is 0.